The number of ether oxygens (including phenoxy) is 1. The molecule has 0 spiro atoms. The normalized spacial score (nSPS) is 11.7. The summed E-state index contributed by atoms with van der Waals surface area (Å²) >= 11 is 0. The molecule has 0 N–H and O–H groups in total. The van der Waals surface area contributed by atoms with Crippen LogP contribution in [-0.4, -0.2) is 21.3 Å². The van der Waals surface area contributed by atoms with Crippen LogP contribution in [0, 0.1) is 5.92 Å². The Balaban J connectivity index is 3.04. The van der Waals surface area contributed by atoms with Crippen molar-refractivity contribution in [3.05, 3.63) is 24.3 Å². The number of sulfone groups is 1. The molecule has 15 heavy (non-hydrogen) atoms. The molecule has 0 aromatic heterocycles. The molecule has 3 nitrogen and oxygen atoms in total. The molecule has 0 amide bonds. The van der Waals surface area contributed by atoms with Crippen LogP contribution in [-0.2, 0) is 9.84 Å². The quantitative estimate of drug-likeness (QED) is 0.793. The average Bonchev–Trinajstić information content (AvgIpc) is 2.16. The van der Waals surface area contributed by atoms with Gasteiger partial charge in [-0.3, -0.25) is 0 Å². The average molecular weight is 228 g/mol. The van der Waals surface area contributed by atoms with E-state index in [9.17, 15) is 8.42 Å². The molecule has 1 aromatic rings. The molecule has 0 saturated carbocycles. The highest BCUT2D eigenvalue weighted by Crippen LogP contribution is 2.19. The van der Waals surface area contributed by atoms with Crippen LogP contribution in [0.25, 0.3) is 0 Å². The number of methoxy groups -OCH3 is 1. The summed E-state index contributed by atoms with van der Waals surface area (Å²) in [6.07, 6.45) is 0. The largest absolute Gasteiger partial charge is 0.497 e. The van der Waals surface area contributed by atoms with Gasteiger partial charge < -0.3 is 4.74 Å². The molecule has 0 aliphatic rings. The van der Waals surface area contributed by atoms with Crippen molar-refractivity contribution in [2.75, 3.05) is 12.9 Å². The molecule has 0 fully saturated rings. The lowest BCUT2D eigenvalue weighted by Crippen LogP contribution is -2.11. The first kappa shape index (κ1) is 12.0. The summed E-state index contributed by atoms with van der Waals surface area (Å²) in [5.41, 5.74) is 0. The third-order valence-electron chi connectivity index (χ3n) is 1.95. The third kappa shape index (κ3) is 3.23. The van der Waals surface area contributed by atoms with E-state index in [1.54, 1.807) is 24.3 Å². The standard InChI is InChI=1S/C11H16O3S/c1-9(2)8-15(12,13)11-6-4-5-10(7-11)14-3/h4-7,9H,8H2,1-3H3. The first-order valence-electron chi connectivity index (χ1n) is 4.82. The fraction of sp³-hybridized carbons (Fsp3) is 0.455. The molecule has 0 aliphatic carbocycles. The second-order valence-electron chi connectivity index (χ2n) is 3.85. The Hall–Kier alpha value is -1.03. The maximum Gasteiger partial charge on any atom is 0.178 e. The van der Waals surface area contributed by atoms with Gasteiger partial charge in [-0.2, -0.15) is 0 Å². The second kappa shape index (κ2) is 4.66. The Labute approximate surface area is 91.0 Å². The van der Waals surface area contributed by atoms with E-state index in [0.29, 0.717) is 10.6 Å². The Bertz CT molecular complexity index is 421. The predicted octanol–water partition coefficient (Wildman–Crippen LogP) is 2.12. The highest BCUT2D eigenvalue weighted by Gasteiger charge is 2.16. The lowest BCUT2D eigenvalue weighted by atomic mass is 10.3. The Morgan fingerprint density at radius 2 is 2.00 bits per heavy atom. The van der Waals surface area contributed by atoms with Crippen molar-refractivity contribution in [1.29, 1.82) is 0 Å². The monoisotopic (exact) mass is 228 g/mol. The van der Waals surface area contributed by atoms with Gasteiger partial charge in [-0.25, -0.2) is 8.42 Å². The zero-order valence-corrected chi connectivity index (χ0v) is 10.0. The first-order valence-corrected chi connectivity index (χ1v) is 6.48. The molecule has 4 heteroatoms. The lowest BCUT2D eigenvalue weighted by molar-refractivity contribution is 0.413. The maximum atomic E-state index is 11.9. The minimum Gasteiger partial charge on any atom is -0.497 e. The van der Waals surface area contributed by atoms with Crippen molar-refractivity contribution < 1.29 is 13.2 Å². The molecule has 0 heterocycles. The topological polar surface area (TPSA) is 43.4 Å². The molecular formula is C11H16O3S. The third-order valence-corrected chi connectivity index (χ3v) is 4.03. The van der Waals surface area contributed by atoms with Crippen molar-refractivity contribution in [1.82, 2.24) is 0 Å². The molecule has 0 bridgehead atoms. The molecule has 1 aromatic carbocycles. The van der Waals surface area contributed by atoms with Crippen LogP contribution in [0.1, 0.15) is 13.8 Å². The molecule has 0 radical (unpaired) electrons. The zero-order valence-electron chi connectivity index (χ0n) is 9.23. The van der Waals surface area contributed by atoms with E-state index in [2.05, 4.69) is 0 Å². The zero-order chi connectivity index (χ0) is 11.5. The highest BCUT2D eigenvalue weighted by molar-refractivity contribution is 7.91. The van der Waals surface area contributed by atoms with Crippen molar-refractivity contribution in [2.45, 2.75) is 18.7 Å². The SMILES string of the molecule is COc1cccc(S(=O)(=O)CC(C)C)c1. The van der Waals surface area contributed by atoms with Crippen LogP contribution in [0.15, 0.2) is 29.2 Å². The number of benzene rings is 1. The fourth-order valence-electron chi connectivity index (χ4n) is 1.33. The highest BCUT2D eigenvalue weighted by atomic mass is 32.2. The van der Waals surface area contributed by atoms with Gasteiger partial charge in [0.05, 0.1) is 17.8 Å². The molecule has 0 aliphatic heterocycles. The Kier molecular flexibility index (Phi) is 3.74. The van der Waals surface area contributed by atoms with Crippen molar-refractivity contribution in [3.63, 3.8) is 0 Å². The summed E-state index contributed by atoms with van der Waals surface area (Å²) in [6, 6.07) is 6.57. The van der Waals surface area contributed by atoms with Gasteiger partial charge in [0.1, 0.15) is 5.75 Å². The molecule has 0 atom stereocenters. The van der Waals surface area contributed by atoms with Crippen LogP contribution in [0.5, 0.6) is 5.75 Å². The van der Waals surface area contributed by atoms with Gasteiger partial charge in [-0.1, -0.05) is 19.9 Å². The summed E-state index contributed by atoms with van der Waals surface area (Å²) in [5.74, 6) is 0.862. The van der Waals surface area contributed by atoms with E-state index in [1.807, 2.05) is 13.8 Å². The molecule has 0 unspecified atom stereocenters. The van der Waals surface area contributed by atoms with Gasteiger partial charge in [0, 0.05) is 0 Å². The lowest BCUT2D eigenvalue weighted by Gasteiger charge is -2.08. The van der Waals surface area contributed by atoms with Crippen LogP contribution in [0.4, 0.5) is 0 Å². The Morgan fingerprint density at radius 1 is 1.33 bits per heavy atom. The predicted molar refractivity (Wildman–Crippen MR) is 59.9 cm³/mol. The van der Waals surface area contributed by atoms with Crippen LogP contribution < -0.4 is 4.74 Å². The van der Waals surface area contributed by atoms with E-state index in [4.69, 9.17) is 4.74 Å². The van der Waals surface area contributed by atoms with Crippen LogP contribution >= 0.6 is 0 Å². The summed E-state index contributed by atoms with van der Waals surface area (Å²) < 4.78 is 28.7. The van der Waals surface area contributed by atoms with E-state index in [-0.39, 0.29) is 11.7 Å². The maximum absolute atomic E-state index is 11.9. The van der Waals surface area contributed by atoms with E-state index in [1.165, 1.54) is 7.11 Å². The number of hydrogen-bond donors (Lipinski definition) is 0. The summed E-state index contributed by atoms with van der Waals surface area (Å²) in [6.45, 7) is 3.77. The minimum absolute atomic E-state index is 0.126. The van der Waals surface area contributed by atoms with Crippen LogP contribution in [0.2, 0.25) is 0 Å². The number of hydrogen-bond acceptors (Lipinski definition) is 3. The Morgan fingerprint density at radius 3 is 2.53 bits per heavy atom. The smallest absolute Gasteiger partial charge is 0.178 e. The van der Waals surface area contributed by atoms with Gasteiger partial charge in [-0.15, -0.1) is 0 Å². The summed E-state index contributed by atoms with van der Waals surface area (Å²) in [7, 11) is -1.65. The van der Waals surface area contributed by atoms with E-state index in [0.717, 1.165) is 0 Å². The molecule has 0 saturated heterocycles. The summed E-state index contributed by atoms with van der Waals surface area (Å²) in [5, 5.41) is 0. The fourth-order valence-corrected chi connectivity index (χ4v) is 2.98. The first-order chi connectivity index (χ1) is 6.95. The second-order valence-corrected chi connectivity index (χ2v) is 5.89. The van der Waals surface area contributed by atoms with E-state index < -0.39 is 9.84 Å². The molecule has 84 valence electrons. The van der Waals surface area contributed by atoms with Crippen molar-refractivity contribution in [2.24, 2.45) is 5.92 Å². The number of rotatable bonds is 4. The van der Waals surface area contributed by atoms with Crippen molar-refractivity contribution >= 4 is 9.84 Å². The van der Waals surface area contributed by atoms with E-state index >= 15 is 0 Å². The molecular weight excluding hydrogens is 212 g/mol. The minimum atomic E-state index is -3.17. The van der Waals surface area contributed by atoms with Gasteiger partial charge >= 0.3 is 0 Å². The summed E-state index contributed by atoms with van der Waals surface area (Å²) in [4.78, 5) is 0.329. The van der Waals surface area contributed by atoms with Gasteiger partial charge in [0.2, 0.25) is 0 Å². The van der Waals surface area contributed by atoms with Gasteiger partial charge in [-0.05, 0) is 24.1 Å². The van der Waals surface area contributed by atoms with Gasteiger partial charge in [0.25, 0.3) is 0 Å². The van der Waals surface area contributed by atoms with Gasteiger partial charge in [0.15, 0.2) is 9.84 Å². The van der Waals surface area contributed by atoms with Crippen molar-refractivity contribution in [3.8, 4) is 5.75 Å². The molecule has 1 rings (SSSR count). The van der Waals surface area contributed by atoms with Crippen LogP contribution in [0.3, 0.4) is 0 Å².